The molecule has 2 rings (SSSR count). The molecule has 0 fully saturated rings. The fourth-order valence-corrected chi connectivity index (χ4v) is 2.67. The molecular formula is C15H19N5O2S. The van der Waals surface area contributed by atoms with Gasteiger partial charge in [0.1, 0.15) is 0 Å². The van der Waals surface area contributed by atoms with Crippen LogP contribution in [0, 0.1) is 17.0 Å². The number of nitrogens with zero attached hydrogens (tertiary/aromatic N) is 3. The van der Waals surface area contributed by atoms with Crippen molar-refractivity contribution in [3.63, 3.8) is 0 Å². The SMILES string of the molecule is CN=C(NCCc1csc(C)n1)NCc1cccc([N+](=O)[O-])c1. The number of thiazole rings is 1. The van der Waals surface area contributed by atoms with Crippen LogP contribution in [0.4, 0.5) is 5.69 Å². The average Bonchev–Trinajstić information content (AvgIpc) is 2.96. The number of non-ortho nitro benzene ring substituents is 1. The number of hydrogen-bond acceptors (Lipinski definition) is 5. The van der Waals surface area contributed by atoms with Crippen molar-refractivity contribution in [1.82, 2.24) is 15.6 Å². The van der Waals surface area contributed by atoms with Gasteiger partial charge in [0, 0.05) is 44.1 Å². The Morgan fingerprint density at radius 3 is 2.91 bits per heavy atom. The van der Waals surface area contributed by atoms with Gasteiger partial charge in [0.05, 0.1) is 15.6 Å². The molecule has 8 heteroatoms. The zero-order chi connectivity index (χ0) is 16.7. The molecule has 1 aromatic heterocycles. The van der Waals surface area contributed by atoms with Crippen LogP contribution in [0.25, 0.3) is 0 Å². The lowest BCUT2D eigenvalue weighted by molar-refractivity contribution is -0.384. The fraction of sp³-hybridized carbons (Fsp3) is 0.333. The van der Waals surface area contributed by atoms with Crippen LogP contribution in [-0.2, 0) is 13.0 Å². The highest BCUT2D eigenvalue weighted by Gasteiger charge is 2.06. The second-order valence-corrected chi connectivity index (χ2v) is 5.95. The summed E-state index contributed by atoms with van der Waals surface area (Å²) in [4.78, 5) is 18.9. The molecule has 122 valence electrons. The molecule has 0 atom stereocenters. The first-order valence-corrected chi connectivity index (χ1v) is 8.05. The smallest absolute Gasteiger partial charge is 0.269 e. The van der Waals surface area contributed by atoms with Gasteiger partial charge in [-0.3, -0.25) is 15.1 Å². The first-order chi connectivity index (χ1) is 11.1. The first-order valence-electron chi connectivity index (χ1n) is 7.17. The fourth-order valence-electron chi connectivity index (χ4n) is 2.02. The van der Waals surface area contributed by atoms with E-state index in [-0.39, 0.29) is 5.69 Å². The highest BCUT2D eigenvalue weighted by molar-refractivity contribution is 7.09. The van der Waals surface area contributed by atoms with Gasteiger partial charge in [-0.05, 0) is 12.5 Å². The molecule has 0 saturated carbocycles. The van der Waals surface area contributed by atoms with E-state index in [1.165, 1.54) is 6.07 Å². The van der Waals surface area contributed by atoms with Crippen molar-refractivity contribution in [3.05, 3.63) is 56.0 Å². The van der Waals surface area contributed by atoms with Gasteiger partial charge in [-0.2, -0.15) is 0 Å². The van der Waals surface area contributed by atoms with E-state index in [4.69, 9.17) is 0 Å². The van der Waals surface area contributed by atoms with Gasteiger partial charge in [-0.1, -0.05) is 12.1 Å². The van der Waals surface area contributed by atoms with Crippen LogP contribution < -0.4 is 10.6 Å². The van der Waals surface area contributed by atoms with Crippen LogP contribution in [0.5, 0.6) is 0 Å². The zero-order valence-electron chi connectivity index (χ0n) is 13.1. The van der Waals surface area contributed by atoms with E-state index in [0.717, 1.165) is 29.2 Å². The molecule has 2 aromatic rings. The third-order valence-electron chi connectivity index (χ3n) is 3.15. The minimum Gasteiger partial charge on any atom is -0.356 e. The number of nitro groups is 1. The molecule has 0 spiro atoms. The molecule has 1 aromatic carbocycles. The van der Waals surface area contributed by atoms with Crippen LogP contribution in [0.2, 0.25) is 0 Å². The zero-order valence-corrected chi connectivity index (χ0v) is 13.9. The predicted octanol–water partition coefficient (Wildman–Crippen LogP) is 2.27. The van der Waals surface area contributed by atoms with E-state index in [1.807, 2.05) is 13.0 Å². The van der Waals surface area contributed by atoms with Crippen LogP contribution in [-0.4, -0.2) is 29.5 Å². The summed E-state index contributed by atoms with van der Waals surface area (Å²) in [7, 11) is 1.69. The number of nitrogens with one attached hydrogen (secondary N) is 2. The molecule has 7 nitrogen and oxygen atoms in total. The largest absolute Gasteiger partial charge is 0.356 e. The molecule has 0 unspecified atom stereocenters. The maximum Gasteiger partial charge on any atom is 0.269 e. The van der Waals surface area contributed by atoms with Gasteiger partial charge in [0.25, 0.3) is 5.69 Å². The van der Waals surface area contributed by atoms with Crippen LogP contribution in [0.1, 0.15) is 16.3 Å². The van der Waals surface area contributed by atoms with E-state index in [1.54, 1.807) is 30.5 Å². The Morgan fingerprint density at radius 1 is 1.43 bits per heavy atom. The number of aryl methyl sites for hydroxylation is 1. The van der Waals surface area contributed by atoms with Crippen LogP contribution in [0.3, 0.4) is 0 Å². The minimum atomic E-state index is -0.396. The number of guanidine groups is 1. The molecule has 0 amide bonds. The standard InChI is InChI=1S/C15H19N5O2S/c1-11-19-13(10-23-11)6-7-17-15(16-2)18-9-12-4-3-5-14(8-12)20(21)22/h3-5,8,10H,6-7,9H2,1-2H3,(H2,16,17,18). The number of aliphatic imine (C=N–C) groups is 1. The molecule has 23 heavy (non-hydrogen) atoms. The second-order valence-electron chi connectivity index (χ2n) is 4.89. The summed E-state index contributed by atoms with van der Waals surface area (Å²) in [5.41, 5.74) is 1.98. The molecule has 0 aliphatic carbocycles. The van der Waals surface area contributed by atoms with Gasteiger partial charge < -0.3 is 10.6 Å². The number of rotatable bonds is 6. The summed E-state index contributed by atoms with van der Waals surface area (Å²) in [5, 5.41) is 20.2. The Kier molecular flexibility index (Phi) is 6.04. The summed E-state index contributed by atoms with van der Waals surface area (Å²) < 4.78 is 0. The molecule has 0 bridgehead atoms. The Bertz CT molecular complexity index is 699. The van der Waals surface area contributed by atoms with Gasteiger partial charge in [0.2, 0.25) is 0 Å². The van der Waals surface area contributed by atoms with Crippen molar-refractivity contribution in [2.24, 2.45) is 4.99 Å². The third-order valence-corrected chi connectivity index (χ3v) is 3.97. The van der Waals surface area contributed by atoms with Crippen molar-refractivity contribution in [1.29, 1.82) is 0 Å². The summed E-state index contributed by atoms with van der Waals surface area (Å²) in [6, 6.07) is 6.55. The van der Waals surface area contributed by atoms with Crippen molar-refractivity contribution in [2.45, 2.75) is 19.9 Å². The Morgan fingerprint density at radius 2 is 2.26 bits per heavy atom. The van der Waals surface area contributed by atoms with Crippen molar-refractivity contribution < 1.29 is 4.92 Å². The maximum atomic E-state index is 10.8. The highest BCUT2D eigenvalue weighted by Crippen LogP contribution is 2.12. The Balaban J connectivity index is 1.80. The summed E-state index contributed by atoms with van der Waals surface area (Å²) >= 11 is 1.64. The third kappa shape index (κ3) is 5.33. The van der Waals surface area contributed by atoms with Crippen molar-refractivity contribution in [3.8, 4) is 0 Å². The van der Waals surface area contributed by atoms with E-state index in [9.17, 15) is 10.1 Å². The molecule has 0 aliphatic heterocycles. The highest BCUT2D eigenvalue weighted by atomic mass is 32.1. The average molecular weight is 333 g/mol. The maximum absolute atomic E-state index is 10.8. The minimum absolute atomic E-state index is 0.0890. The van der Waals surface area contributed by atoms with Gasteiger partial charge in [-0.15, -0.1) is 11.3 Å². The molecule has 2 N–H and O–H groups in total. The van der Waals surface area contributed by atoms with Gasteiger partial charge in [-0.25, -0.2) is 4.98 Å². The van der Waals surface area contributed by atoms with Gasteiger partial charge in [0.15, 0.2) is 5.96 Å². The number of aromatic nitrogens is 1. The molecule has 0 aliphatic rings. The van der Waals surface area contributed by atoms with Crippen LogP contribution >= 0.6 is 11.3 Å². The topological polar surface area (TPSA) is 92.5 Å². The molecule has 0 saturated heterocycles. The van der Waals surface area contributed by atoms with E-state index >= 15 is 0 Å². The number of benzene rings is 1. The monoisotopic (exact) mass is 333 g/mol. The van der Waals surface area contributed by atoms with E-state index in [0.29, 0.717) is 12.5 Å². The van der Waals surface area contributed by atoms with Gasteiger partial charge >= 0.3 is 0 Å². The normalized spacial score (nSPS) is 11.3. The van der Waals surface area contributed by atoms with E-state index < -0.39 is 4.92 Å². The summed E-state index contributed by atoms with van der Waals surface area (Å²) in [6.07, 6.45) is 0.821. The molecule has 0 radical (unpaired) electrons. The van der Waals surface area contributed by atoms with Crippen molar-refractivity contribution >= 4 is 23.0 Å². The molecular weight excluding hydrogens is 314 g/mol. The van der Waals surface area contributed by atoms with Crippen LogP contribution in [0.15, 0.2) is 34.6 Å². The van der Waals surface area contributed by atoms with Crippen molar-refractivity contribution in [2.75, 3.05) is 13.6 Å². The second kappa shape index (κ2) is 8.23. The number of hydrogen-bond donors (Lipinski definition) is 2. The lowest BCUT2D eigenvalue weighted by Crippen LogP contribution is -2.37. The lowest BCUT2D eigenvalue weighted by atomic mass is 10.2. The Labute approximate surface area is 138 Å². The lowest BCUT2D eigenvalue weighted by Gasteiger charge is -2.11. The molecule has 1 heterocycles. The predicted molar refractivity (Wildman–Crippen MR) is 91.9 cm³/mol. The summed E-state index contributed by atoms with van der Waals surface area (Å²) in [5.74, 6) is 0.656. The quantitative estimate of drug-likeness (QED) is 0.366. The summed E-state index contributed by atoms with van der Waals surface area (Å²) in [6.45, 7) is 3.18. The van der Waals surface area contributed by atoms with E-state index in [2.05, 4.69) is 26.0 Å². The first kappa shape index (κ1) is 16.9. The Hall–Kier alpha value is -2.48. The number of nitro benzene ring substituents is 1.